The molecule has 1 nitrogen and oxygen atoms in total. The van der Waals surface area contributed by atoms with E-state index >= 15 is 0 Å². The minimum Gasteiger partial charge on any atom is -0.324 e. The second kappa shape index (κ2) is 2.46. The Hall–Kier alpha value is 0.230. The van der Waals surface area contributed by atoms with Crippen molar-refractivity contribution in [2.75, 3.05) is 19.0 Å². The topological polar surface area (TPSA) is 17.1 Å². The van der Waals surface area contributed by atoms with Crippen LogP contribution in [0.4, 0.5) is 0 Å². The molecule has 1 fully saturated rings. The van der Waals surface area contributed by atoms with Crippen LogP contribution in [0.2, 0.25) is 0 Å². The van der Waals surface area contributed by atoms with E-state index in [4.69, 9.17) is 0 Å². The van der Waals surface area contributed by atoms with Crippen molar-refractivity contribution in [2.45, 2.75) is 19.8 Å². The summed E-state index contributed by atoms with van der Waals surface area (Å²) in [7, 11) is -1.64. The van der Waals surface area contributed by atoms with Gasteiger partial charge in [-0.05, 0) is 25.4 Å². The summed E-state index contributed by atoms with van der Waals surface area (Å²) in [6.07, 6.45) is 4.47. The molecule has 2 heteroatoms. The van der Waals surface area contributed by atoms with E-state index in [1.54, 1.807) is 0 Å². The molecule has 1 saturated heterocycles. The first kappa shape index (κ1) is 7.34. The van der Waals surface area contributed by atoms with E-state index in [1.807, 2.05) is 6.66 Å². The summed E-state index contributed by atoms with van der Waals surface area (Å²) >= 11 is 0. The van der Waals surface area contributed by atoms with Gasteiger partial charge in [-0.1, -0.05) is 6.92 Å². The standard InChI is InChI=1S/C7H15OP/c1-7-4-3-5-9(2,8)6-7/h7H,3-6H2,1-2H3/t7-,9-/m1/s1. The van der Waals surface area contributed by atoms with E-state index in [-0.39, 0.29) is 0 Å². The predicted octanol–water partition coefficient (Wildman–Crippen LogP) is 2.41. The molecule has 0 radical (unpaired) electrons. The molecule has 0 saturated carbocycles. The van der Waals surface area contributed by atoms with Crippen molar-refractivity contribution in [3.63, 3.8) is 0 Å². The molecule has 0 aromatic heterocycles. The van der Waals surface area contributed by atoms with E-state index in [0.717, 1.165) is 18.2 Å². The van der Waals surface area contributed by atoms with Gasteiger partial charge >= 0.3 is 0 Å². The van der Waals surface area contributed by atoms with Gasteiger partial charge in [0.15, 0.2) is 0 Å². The fourth-order valence-corrected chi connectivity index (χ4v) is 4.15. The third-order valence-corrected chi connectivity index (χ3v) is 4.68. The Morgan fingerprint density at radius 1 is 1.56 bits per heavy atom. The van der Waals surface area contributed by atoms with Gasteiger partial charge in [-0.3, -0.25) is 0 Å². The quantitative estimate of drug-likeness (QED) is 0.479. The van der Waals surface area contributed by atoms with Crippen LogP contribution in [-0.4, -0.2) is 19.0 Å². The zero-order valence-corrected chi connectivity index (χ0v) is 7.16. The fraction of sp³-hybridized carbons (Fsp3) is 1.00. The molecular formula is C7H15OP. The first-order chi connectivity index (χ1) is 4.10. The van der Waals surface area contributed by atoms with Gasteiger partial charge in [0.05, 0.1) is 7.14 Å². The largest absolute Gasteiger partial charge is 0.324 e. The Bertz CT molecular complexity index is 142. The lowest BCUT2D eigenvalue weighted by Gasteiger charge is -2.23. The first-order valence-electron chi connectivity index (χ1n) is 3.66. The van der Waals surface area contributed by atoms with Crippen molar-refractivity contribution < 1.29 is 4.57 Å². The highest BCUT2D eigenvalue weighted by molar-refractivity contribution is 7.63. The highest BCUT2D eigenvalue weighted by atomic mass is 31.2. The zero-order chi connectivity index (χ0) is 6.91. The van der Waals surface area contributed by atoms with Crippen LogP contribution < -0.4 is 0 Å². The smallest absolute Gasteiger partial charge is 0.0851 e. The van der Waals surface area contributed by atoms with Gasteiger partial charge in [0.25, 0.3) is 0 Å². The molecular weight excluding hydrogens is 131 g/mol. The fourth-order valence-electron chi connectivity index (χ4n) is 1.62. The summed E-state index contributed by atoms with van der Waals surface area (Å²) in [6, 6.07) is 0. The van der Waals surface area contributed by atoms with Gasteiger partial charge in [-0.15, -0.1) is 0 Å². The maximum absolute atomic E-state index is 11.4. The van der Waals surface area contributed by atoms with Crippen LogP contribution in [0.1, 0.15) is 19.8 Å². The highest BCUT2D eigenvalue weighted by Gasteiger charge is 2.23. The summed E-state index contributed by atoms with van der Waals surface area (Å²) in [5.74, 6) is 0.717. The van der Waals surface area contributed by atoms with E-state index in [1.165, 1.54) is 12.8 Å². The van der Waals surface area contributed by atoms with Gasteiger partial charge in [-0.2, -0.15) is 0 Å². The maximum atomic E-state index is 11.4. The molecule has 0 aromatic carbocycles. The van der Waals surface area contributed by atoms with Gasteiger partial charge in [-0.25, -0.2) is 0 Å². The number of rotatable bonds is 0. The van der Waals surface area contributed by atoms with Crippen molar-refractivity contribution in [3.8, 4) is 0 Å². The van der Waals surface area contributed by atoms with E-state index in [2.05, 4.69) is 6.92 Å². The van der Waals surface area contributed by atoms with Crippen LogP contribution in [0.15, 0.2) is 0 Å². The third kappa shape index (κ3) is 2.14. The molecule has 1 aliphatic heterocycles. The third-order valence-electron chi connectivity index (χ3n) is 2.03. The van der Waals surface area contributed by atoms with E-state index in [9.17, 15) is 4.57 Å². The Balaban J connectivity index is 2.51. The Morgan fingerprint density at radius 2 is 2.22 bits per heavy atom. The van der Waals surface area contributed by atoms with Crippen molar-refractivity contribution in [3.05, 3.63) is 0 Å². The number of hydrogen-bond donors (Lipinski definition) is 0. The SMILES string of the molecule is C[C@@H]1CCC[P@@](C)(=O)C1. The summed E-state index contributed by atoms with van der Waals surface area (Å²) in [5, 5.41) is 0. The van der Waals surface area contributed by atoms with Crippen LogP contribution in [0.3, 0.4) is 0 Å². The lowest BCUT2D eigenvalue weighted by molar-refractivity contribution is 0.515. The monoisotopic (exact) mass is 146 g/mol. The molecule has 0 unspecified atom stereocenters. The van der Waals surface area contributed by atoms with Gasteiger partial charge in [0, 0.05) is 12.3 Å². The Kier molecular flexibility index (Phi) is 2.00. The molecule has 54 valence electrons. The van der Waals surface area contributed by atoms with Gasteiger partial charge in [0.2, 0.25) is 0 Å². The van der Waals surface area contributed by atoms with Crippen LogP contribution >= 0.6 is 7.14 Å². The minimum atomic E-state index is -1.64. The molecule has 1 aliphatic rings. The van der Waals surface area contributed by atoms with E-state index < -0.39 is 7.14 Å². The van der Waals surface area contributed by atoms with Gasteiger partial charge < -0.3 is 4.57 Å². The summed E-state index contributed by atoms with van der Waals surface area (Å²) < 4.78 is 11.4. The normalized spacial score (nSPS) is 44.9. The van der Waals surface area contributed by atoms with Crippen molar-refractivity contribution in [2.24, 2.45) is 5.92 Å². The molecule has 2 atom stereocenters. The molecule has 9 heavy (non-hydrogen) atoms. The molecule has 0 aliphatic carbocycles. The summed E-state index contributed by atoms with van der Waals surface area (Å²) in [5.41, 5.74) is 0. The van der Waals surface area contributed by atoms with Crippen molar-refractivity contribution in [1.29, 1.82) is 0 Å². The lowest BCUT2D eigenvalue weighted by atomic mass is 10.1. The lowest BCUT2D eigenvalue weighted by Crippen LogP contribution is -2.11. The highest BCUT2D eigenvalue weighted by Crippen LogP contribution is 2.48. The van der Waals surface area contributed by atoms with E-state index in [0.29, 0.717) is 0 Å². The molecule has 1 rings (SSSR count). The van der Waals surface area contributed by atoms with Crippen molar-refractivity contribution in [1.82, 2.24) is 0 Å². The first-order valence-corrected chi connectivity index (χ1v) is 6.18. The van der Waals surface area contributed by atoms with Crippen LogP contribution in [0.5, 0.6) is 0 Å². The molecule has 0 aromatic rings. The van der Waals surface area contributed by atoms with Crippen LogP contribution in [0, 0.1) is 5.92 Å². The van der Waals surface area contributed by atoms with Crippen LogP contribution in [0.25, 0.3) is 0 Å². The minimum absolute atomic E-state index is 0.717. The average molecular weight is 146 g/mol. The molecule has 0 N–H and O–H groups in total. The summed E-state index contributed by atoms with van der Waals surface area (Å²) in [4.78, 5) is 0. The molecule has 1 heterocycles. The predicted molar refractivity (Wildman–Crippen MR) is 41.7 cm³/mol. The second-order valence-corrected chi connectivity index (χ2v) is 6.86. The molecule has 0 amide bonds. The van der Waals surface area contributed by atoms with Gasteiger partial charge in [0.1, 0.15) is 0 Å². The molecule has 0 spiro atoms. The molecule has 0 bridgehead atoms. The Labute approximate surface area is 57.2 Å². The van der Waals surface area contributed by atoms with Crippen LogP contribution in [-0.2, 0) is 4.57 Å². The Morgan fingerprint density at radius 3 is 2.56 bits per heavy atom. The zero-order valence-electron chi connectivity index (χ0n) is 6.26. The second-order valence-electron chi connectivity index (χ2n) is 3.45. The number of hydrogen-bond acceptors (Lipinski definition) is 1. The average Bonchev–Trinajstić information content (AvgIpc) is 1.60. The maximum Gasteiger partial charge on any atom is 0.0851 e. The van der Waals surface area contributed by atoms with Crippen molar-refractivity contribution >= 4 is 7.14 Å². The summed E-state index contributed by atoms with van der Waals surface area (Å²) in [6.45, 7) is 4.15.